The quantitative estimate of drug-likeness (QED) is 0.178. The molecule has 1 N–H and O–H groups in total. The fourth-order valence-corrected chi connectivity index (χ4v) is 15.3. The largest absolute Gasteiger partial charge is 0.457 e. The monoisotopic (exact) mass is 963 g/mol. The number of benzene rings is 7. The zero-order valence-corrected chi connectivity index (χ0v) is 45.9. The summed E-state index contributed by atoms with van der Waals surface area (Å²) in [5, 5.41) is 9.22. The summed E-state index contributed by atoms with van der Waals surface area (Å²) in [7, 11) is 0.744. The topological polar surface area (TPSA) is 28.4 Å². The minimum Gasteiger partial charge on any atom is -0.457 e. The van der Waals surface area contributed by atoms with Crippen LogP contribution in [0.15, 0.2) is 114 Å². The Bertz CT molecular complexity index is 3800. The van der Waals surface area contributed by atoms with E-state index in [0.717, 1.165) is 43.4 Å². The molecule has 3 nitrogen and oxygen atoms in total. The SMILES string of the molecule is Cc1cc2c(cc1N1c3ccc4c(oc5ccccc54)c3Bc3c(-c4cc5c(cc4Nc4ccc6c(c4)C(C)(C)CCC6(C)C)C(C)(C)CCC5(C)C)cc4c(sc5ccccc54)c31)C(C)(C)CCC2(C)C. The third kappa shape index (κ3) is 6.74. The average molecular weight is 963 g/mol. The van der Waals surface area contributed by atoms with Gasteiger partial charge in [-0.2, -0.15) is 0 Å². The van der Waals surface area contributed by atoms with Crippen molar-refractivity contribution in [2.75, 3.05) is 10.2 Å². The standard InChI is InChI=1S/C67H71BN2OS/c1-38-32-47-51(67(12,13)31-28-63(47,4)5)37-54(38)70-53-25-23-42-40-18-14-16-20-55(40)71-60(42)58(53)68-57-44(34-45-41-19-15-17-21-56(41)72-61(45)59(57)70)43-35-49-50(66(10,11)30-29-65(49,8)9)36-52(43)69-39-22-24-46-48(33-39)64(6,7)27-26-62(46,2)3/h14-25,32-37,68-69H,26-31H2,1-13H3. The summed E-state index contributed by atoms with van der Waals surface area (Å²) in [5.41, 5.74) is 23.8. The maximum absolute atomic E-state index is 7.08. The molecule has 13 rings (SSSR count). The Morgan fingerprint density at radius 1 is 0.486 bits per heavy atom. The minimum atomic E-state index is 0.0126. The second-order valence-corrected chi connectivity index (χ2v) is 27.6. The maximum atomic E-state index is 7.08. The normalized spacial score (nSPS) is 19.6. The molecular formula is C67H71BN2OS. The van der Waals surface area contributed by atoms with Gasteiger partial charge in [-0.15, -0.1) is 11.3 Å². The van der Waals surface area contributed by atoms with Gasteiger partial charge in [0.1, 0.15) is 11.2 Å². The van der Waals surface area contributed by atoms with Crippen LogP contribution in [0.25, 0.3) is 53.2 Å². The number of thiophene rings is 1. The lowest BCUT2D eigenvalue weighted by Crippen LogP contribution is -2.42. The van der Waals surface area contributed by atoms with Gasteiger partial charge in [0.05, 0.1) is 10.4 Å². The summed E-state index contributed by atoms with van der Waals surface area (Å²) < 4.78 is 9.74. The molecule has 3 aliphatic carbocycles. The zero-order valence-electron chi connectivity index (χ0n) is 45.1. The van der Waals surface area contributed by atoms with E-state index in [1.54, 1.807) is 0 Å². The number of para-hydroxylation sites is 1. The van der Waals surface area contributed by atoms with Crippen molar-refractivity contribution in [1.29, 1.82) is 0 Å². The smallest absolute Gasteiger partial charge is 0.203 e. The van der Waals surface area contributed by atoms with E-state index < -0.39 is 0 Å². The summed E-state index contributed by atoms with van der Waals surface area (Å²) >= 11 is 1.96. The molecule has 2 aromatic heterocycles. The third-order valence-corrected chi connectivity index (χ3v) is 20.2. The molecular weight excluding hydrogens is 892 g/mol. The number of aryl methyl sites for hydroxylation is 1. The van der Waals surface area contributed by atoms with E-state index >= 15 is 0 Å². The molecule has 0 amide bonds. The summed E-state index contributed by atoms with van der Waals surface area (Å²) in [6.07, 6.45) is 7.03. The van der Waals surface area contributed by atoms with E-state index in [9.17, 15) is 0 Å². The van der Waals surface area contributed by atoms with E-state index in [-0.39, 0.29) is 32.5 Å². The van der Waals surface area contributed by atoms with Crippen molar-refractivity contribution in [3.8, 4) is 11.1 Å². The van der Waals surface area contributed by atoms with Crippen LogP contribution in [0.5, 0.6) is 0 Å². The molecule has 0 fully saturated rings. The van der Waals surface area contributed by atoms with Crippen molar-refractivity contribution in [3.05, 3.63) is 148 Å². The molecule has 0 radical (unpaired) electrons. The van der Waals surface area contributed by atoms with Gasteiger partial charge in [0.15, 0.2) is 0 Å². The molecule has 0 saturated heterocycles. The van der Waals surface area contributed by atoms with Gasteiger partial charge >= 0.3 is 0 Å². The Balaban J connectivity index is 1.15. The van der Waals surface area contributed by atoms with Crippen LogP contribution >= 0.6 is 11.3 Å². The van der Waals surface area contributed by atoms with Crippen LogP contribution in [-0.2, 0) is 32.5 Å². The number of hydrogen-bond acceptors (Lipinski definition) is 4. The second kappa shape index (κ2) is 15.2. The van der Waals surface area contributed by atoms with Crippen LogP contribution in [0.3, 0.4) is 0 Å². The van der Waals surface area contributed by atoms with Crippen molar-refractivity contribution in [1.82, 2.24) is 0 Å². The lowest BCUT2D eigenvalue weighted by Gasteiger charge is -2.44. The number of anilines is 5. The summed E-state index contributed by atoms with van der Waals surface area (Å²) in [6, 6.07) is 42.7. The van der Waals surface area contributed by atoms with E-state index in [1.807, 2.05) is 11.3 Å². The molecule has 5 heteroatoms. The molecule has 7 aromatic carbocycles. The molecule has 0 bridgehead atoms. The molecule has 1 aliphatic heterocycles. The Morgan fingerprint density at radius 2 is 1.06 bits per heavy atom. The average Bonchev–Trinajstić information content (AvgIpc) is 3.91. The van der Waals surface area contributed by atoms with E-state index in [1.165, 1.54) is 134 Å². The molecule has 72 heavy (non-hydrogen) atoms. The Hall–Kier alpha value is -5.78. The molecule has 3 heterocycles. The Kier molecular flexibility index (Phi) is 9.69. The first-order chi connectivity index (χ1) is 34.0. The van der Waals surface area contributed by atoms with Crippen molar-refractivity contribution in [2.45, 2.75) is 161 Å². The van der Waals surface area contributed by atoms with E-state index in [4.69, 9.17) is 4.42 Å². The Labute approximate surface area is 432 Å². The van der Waals surface area contributed by atoms with Gasteiger partial charge in [-0.05, 0) is 194 Å². The van der Waals surface area contributed by atoms with Gasteiger partial charge in [-0.25, -0.2) is 0 Å². The number of rotatable bonds is 4. The van der Waals surface area contributed by atoms with Crippen LogP contribution in [-0.4, -0.2) is 7.28 Å². The molecule has 0 unspecified atom stereocenters. The fraction of sp³-hybridized carbons (Fsp3) is 0.373. The number of furan rings is 1. The van der Waals surface area contributed by atoms with Gasteiger partial charge in [0.25, 0.3) is 0 Å². The van der Waals surface area contributed by atoms with Crippen LogP contribution < -0.4 is 21.1 Å². The van der Waals surface area contributed by atoms with Gasteiger partial charge in [0.2, 0.25) is 7.28 Å². The van der Waals surface area contributed by atoms with Crippen LogP contribution in [0.2, 0.25) is 0 Å². The van der Waals surface area contributed by atoms with Gasteiger partial charge in [0, 0.05) is 54.6 Å². The second-order valence-electron chi connectivity index (χ2n) is 26.6. The summed E-state index contributed by atoms with van der Waals surface area (Å²) in [6.45, 7) is 31.9. The first-order valence-corrected chi connectivity index (χ1v) is 27.8. The predicted octanol–water partition coefficient (Wildman–Crippen LogP) is 17.9. The molecule has 4 aliphatic rings. The van der Waals surface area contributed by atoms with Crippen molar-refractivity contribution < 1.29 is 4.42 Å². The fourth-order valence-electron chi connectivity index (χ4n) is 14.0. The highest BCUT2D eigenvalue weighted by molar-refractivity contribution is 7.26. The van der Waals surface area contributed by atoms with Crippen molar-refractivity contribution >= 4 is 100 Å². The molecule has 0 saturated carbocycles. The highest BCUT2D eigenvalue weighted by Gasteiger charge is 2.43. The highest BCUT2D eigenvalue weighted by atomic mass is 32.1. The number of hydrogen-bond donors (Lipinski definition) is 1. The van der Waals surface area contributed by atoms with Gasteiger partial charge in [-0.1, -0.05) is 132 Å². The van der Waals surface area contributed by atoms with Crippen LogP contribution in [0.4, 0.5) is 28.4 Å². The van der Waals surface area contributed by atoms with Crippen molar-refractivity contribution in [2.24, 2.45) is 0 Å². The number of nitrogens with one attached hydrogen (secondary N) is 1. The zero-order chi connectivity index (χ0) is 50.2. The first kappa shape index (κ1) is 46.0. The van der Waals surface area contributed by atoms with Crippen LogP contribution in [0.1, 0.15) is 161 Å². The lowest BCUT2D eigenvalue weighted by molar-refractivity contribution is 0.332. The van der Waals surface area contributed by atoms with Gasteiger partial charge in [-0.3, -0.25) is 0 Å². The third-order valence-electron chi connectivity index (χ3n) is 19.0. The number of fused-ring (bicyclic) bond motifs is 13. The predicted molar refractivity (Wildman–Crippen MR) is 313 cm³/mol. The lowest BCUT2D eigenvalue weighted by atomic mass is 9.57. The van der Waals surface area contributed by atoms with E-state index in [2.05, 4.69) is 209 Å². The molecule has 0 atom stereocenters. The first-order valence-electron chi connectivity index (χ1n) is 27.0. The molecule has 0 spiro atoms. The molecule has 9 aromatic rings. The summed E-state index contributed by atoms with van der Waals surface area (Å²) in [4.78, 5) is 2.70. The minimum absolute atomic E-state index is 0.0126. The van der Waals surface area contributed by atoms with Gasteiger partial charge < -0.3 is 14.6 Å². The van der Waals surface area contributed by atoms with Crippen LogP contribution in [0, 0.1) is 6.92 Å². The molecule has 364 valence electrons. The maximum Gasteiger partial charge on any atom is 0.203 e. The highest BCUT2D eigenvalue weighted by Crippen LogP contribution is 2.55. The number of nitrogens with zero attached hydrogens (tertiary/aromatic N) is 1. The summed E-state index contributed by atoms with van der Waals surface area (Å²) in [5.74, 6) is 0. The van der Waals surface area contributed by atoms with Crippen molar-refractivity contribution in [3.63, 3.8) is 0 Å². The van der Waals surface area contributed by atoms with E-state index in [0.29, 0.717) is 0 Å². The Morgan fingerprint density at radius 3 is 1.74 bits per heavy atom.